The van der Waals surface area contributed by atoms with Gasteiger partial charge in [0.25, 0.3) is 0 Å². The average molecular weight is 246 g/mol. The van der Waals surface area contributed by atoms with Crippen LogP contribution in [0.15, 0.2) is 29.3 Å². The summed E-state index contributed by atoms with van der Waals surface area (Å²) in [7, 11) is 0. The molecule has 1 atom stereocenters. The molecule has 1 unspecified atom stereocenters. The molecule has 1 aliphatic rings. The van der Waals surface area contributed by atoms with Crippen molar-refractivity contribution in [1.29, 1.82) is 0 Å². The van der Waals surface area contributed by atoms with E-state index in [1.54, 1.807) is 6.92 Å². The molecule has 1 aromatic rings. The van der Waals surface area contributed by atoms with Gasteiger partial charge in [0.05, 0.1) is 6.61 Å². The molecular formula is C13H14N2O3. The zero-order valence-electron chi connectivity index (χ0n) is 10.1. The van der Waals surface area contributed by atoms with Gasteiger partial charge in [0.15, 0.2) is 0 Å². The lowest BCUT2D eigenvalue weighted by Gasteiger charge is -2.01. The van der Waals surface area contributed by atoms with Gasteiger partial charge in [-0.25, -0.2) is 0 Å². The van der Waals surface area contributed by atoms with Crippen molar-refractivity contribution in [3.63, 3.8) is 0 Å². The molecule has 0 aromatic heterocycles. The van der Waals surface area contributed by atoms with Crippen molar-refractivity contribution >= 4 is 23.8 Å². The molecule has 0 saturated heterocycles. The van der Waals surface area contributed by atoms with E-state index in [1.165, 1.54) is 6.21 Å². The second-order valence-corrected chi connectivity index (χ2v) is 3.85. The van der Waals surface area contributed by atoms with Gasteiger partial charge in [0.2, 0.25) is 5.91 Å². The number of benzene rings is 1. The van der Waals surface area contributed by atoms with Crippen molar-refractivity contribution in [3.05, 3.63) is 29.8 Å². The van der Waals surface area contributed by atoms with Crippen LogP contribution in [0.2, 0.25) is 0 Å². The topological polar surface area (TPSA) is 67.8 Å². The standard InChI is InChI=1S/C13H14N2O3/c1-2-18-12(16)8-14-7-10-9-5-3-4-6-11(9)15-13(10)17/h3-7,10H,2,8H2,1H3,(H,15,17). The quantitative estimate of drug-likeness (QED) is 0.644. The second kappa shape index (κ2) is 5.44. The molecule has 1 heterocycles. The zero-order valence-corrected chi connectivity index (χ0v) is 10.1. The zero-order chi connectivity index (χ0) is 13.0. The molecule has 0 saturated carbocycles. The number of hydrogen-bond acceptors (Lipinski definition) is 4. The van der Waals surface area contributed by atoms with Crippen LogP contribution >= 0.6 is 0 Å². The van der Waals surface area contributed by atoms with Crippen LogP contribution in [0.4, 0.5) is 5.69 Å². The molecule has 18 heavy (non-hydrogen) atoms. The van der Waals surface area contributed by atoms with E-state index in [1.807, 2.05) is 24.3 Å². The van der Waals surface area contributed by atoms with E-state index in [-0.39, 0.29) is 18.4 Å². The summed E-state index contributed by atoms with van der Waals surface area (Å²) in [6.07, 6.45) is 1.50. The lowest BCUT2D eigenvalue weighted by molar-refractivity contribution is -0.141. The summed E-state index contributed by atoms with van der Waals surface area (Å²) in [5, 5.41) is 2.76. The van der Waals surface area contributed by atoms with Crippen LogP contribution in [0.5, 0.6) is 0 Å². The summed E-state index contributed by atoms with van der Waals surface area (Å²) >= 11 is 0. The normalized spacial score (nSPS) is 17.6. The van der Waals surface area contributed by atoms with E-state index >= 15 is 0 Å². The Morgan fingerprint density at radius 1 is 1.50 bits per heavy atom. The first-order valence-corrected chi connectivity index (χ1v) is 5.77. The van der Waals surface area contributed by atoms with Gasteiger partial charge in [0.1, 0.15) is 12.5 Å². The summed E-state index contributed by atoms with van der Waals surface area (Å²) in [6, 6.07) is 7.43. The molecule has 0 radical (unpaired) electrons. The van der Waals surface area contributed by atoms with E-state index in [9.17, 15) is 9.59 Å². The van der Waals surface area contributed by atoms with Crippen LogP contribution < -0.4 is 5.32 Å². The molecule has 1 N–H and O–H groups in total. The number of para-hydroxylation sites is 1. The lowest BCUT2D eigenvalue weighted by atomic mass is 10.0. The summed E-state index contributed by atoms with van der Waals surface area (Å²) in [6.45, 7) is 2.02. The summed E-state index contributed by atoms with van der Waals surface area (Å²) in [4.78, 5) is 26.8. The number of fused-ring (bicyclic) bond motifs is 1. The maximum Gasteiger partial charge on any atom is 0.327 e. The number of hydrogen-bond donors (Lipinski definition) is 1. The monoisotopic (exact) mass is 246 g/mol. The molecule has 5 nitrogen and oxygen atoms in total. The van der Waals surface area contributed by atoms with Crippen molar-refractivity contribution in [2.24, 2.45) is 4.99 Å². The molecular weight excluding hydrogens is 232 g/mol. The van der Waals surface area contributed by atoms with Crippen LogP contribution in [0.3, 0.4) is 0 Å². The molecule has 0 bridgehead atoms. The van der Waals surface area contributed by atoms with Gasteiger partial charge in [-0.3, -0.25) is 14.6 Å². The molecule has 0 fully saturated rings. The van der Waals surface area contributed by atoms with Crippen molar-refractivity contribution in [3.8, 4) is 0 Å². The number of nitrogens with one attached hydrogen (secondary N) is 1. The predicted octanol–water partition coefficient (Wildman–Crippen LogP) is 1.36. The van der Waals surface area contributed by atoms with Gasteiger partial charge >= 0.3 is 5.97 Å². The Kier molecular flexibility index (Phi) is 3.72. The maximum absolute atomic E-state index is 11.7. The summed E-state index contributed by atoms with van der Waals surface area (Å²) in [5.74, 6) is -0.931. The van der Waals surface area contributed by atoms with Gasteiger partial charge in [0, 0.05) is 11.9 Å². The van der Waals surface area contributed by atoms with E-state index in [0.29, 0.717) is 6.61 Å². The number of anilines is 1. The van der Waals surface area contributed by atoms with Crippen LogP contribution in [0.25, 0.3) is 0 Å². The lowest BCUT2D eigenvalue weighted by Crippen LogP contribution is -2.14. The number of rotatable bonds is 4. The third kappa shape index (κ3) is 2.56. The molecule has 1 aliphatic heterocycles. The Balaban J connectivity index is 2.04. The van der Waals surface area contributed by atoms with Crippen LogP contribution in [-0.4, -0.2) is 31.2 Å². The van der Waals surface area contributed by atoms with Crippen molar-refractivity contribution in [2.75, 3.05) is 18.5 Å². The van der Waals surface area contributed by atoms with Crippen molar-refractivity contribution in [2.45, 2.75) is 12.8 Å². The van der Waals surface area contributed by atoms with Gasteiger partial charge in [-0.1, -0.05) is 18.2 Å². The fourth-order valence-corrected chi connectivity index (χ4v) is 1.82. The SMILES string of the molecule is CCOC(=O)CN=CC1C(=O)Nc2ccccc21. The highest BCUT2D eigenvalue weighted by atomic mass is 16.5. The first-order valence-electron chi connectivity index (χ1n) is 5.77. The third-order valence-electron chi connectivity index (χ3n) is 2.62. The number of carbonyl (C=O) groups excluding carboxylic acids is 2. The first-order chi connectivity index (χ1) is 8.72. The number of ether oxygens (including phenoxy) is 1. The molecule has 5 heteroatoms. The highest BCUT2D eigenvalue weighted by Gasteiger charge is 2.28. The van der Waals surface area contributed by atoms with Gasteiger partial charge < -0.3 is 10.1 Å². The van der Waals surface area contributed by atoms with Crippen LogP contribution in [0, 0.1) is 0 Å². The highest BCUT2D eigenvalue weighted by Crippen LogP contribution is 2.30. The van der Waals surface area contributed by atoms with Gasteiger partial charge in [-0.15, -0.1) is 0 Å². The Labute approximate surface area is 105 Å². The van der Waals surface area contributed by atoms with Crippen molar-refractivity contribution < 1.29 is 14.3 Å². The van der Waals surface area contributed by atoms with Crippen molar-refractivity contribution in [1.82, 2.24) is 0 Å². The second-order valence-electron chi connectivity index (χ2n) is 3.85. The number of carbonyl (C=O) groups is 2. The first kappa shape index (κ1) is 12.3. The molecule has 2 rings (SSSR count). The Morgan fingerprint density at radius 3 is 3.06 bits per heavy atom. The Morgan fingerprint density at radius 2 is 2.28 bits per heavy atom. The minimum Gasteiger partial charge on any atom is -0.465 e. The predicted molar refractivity (Wildman–Crippen MR) is 67.8 cm³/mol. The smallest absolute Gasteiger partial charge is 0.327 e. The Hall–Kier alpha value is -2.17. The number of aliphatic imine (C=N–C) groups is 1. The fourth-order valence-electron chi connectivity index (χ4n) is 1.82. The van der Waals surface area contributed by atoms with E-state index in [2.05, 4.69) is 10.3 Å². The minimum absolute atomic E-state index is 0.0558. The number of amides is 1. The van der Waals surface area contributed by atoms with E-state index in [4.69, 9.17) is 4.74 Å². The fraction of sp³-hybridized carbons (Fsp3) is 0.308. The number of nitrogens with zero attached hydrogens (tertiary/aromatic N) is 1. The highest BCUT2D eigenvalue weighted by molar-refractivity contribution is 6.12. The maximum atomic E-state index is 11.7. The molecule has 1 amide bonds. The summed E-state index contributed by atoms with van der Waals surface area (Å²) in [5.41, 5.74) is 1.69. The van der Waals surface area contributed by atoms with Crippen LogP contribution in [-0.2, 0) is 14.3 Å². The third-order valence-corrected chi connectivity index (χ3v) is 2.62. The minimum atomic E-state index is -0.421. The molecule has 0 spiro atoms. The average Bonchev–Trinajstić information content (AvgIpc) is 2.66. The van der Waals surface area contributed by atoms with Gasteiger partial charge in [-0.05, 0) is 18.6 Å². The summed E-state index contributed by atoms with van der Waals surface area (Å²) < 4.78 is 4.75. The number of esters is 1. The molecule has 94 valence electrons. The van der Waals surface area contributed by atoms with E-state index < -0.39 is 5.92 Å². The van der Waals surface area contributed by atoms with E-state index in [0.717, 1.165) is 11.3 Å². The van der Waals surface area contributed by atoms with Gasteiger partial charge in [-0.2, -0.15) is 0 Å². The molecule has 1 aromatic carbocycles. The largest absolute Gasteiger partial charge is 0.465 e. The van der Waals surface area contributed by atoms with Crippen LogP contribution in [0.1, 0.15) is 18.4 Å². The Bertz CT molecular complexity index is 497. The molecule has 0 aliphatic carbocycles.